The lowest BCUT2D eigenvalue weighted by molar-refractivity contribution is -0.146. The SMILES string of the molecule is CCCCCCCc1ccc([C@H]2C=C[C@](NC(=O)OC(C)(C)C)(C(=O)OC)C2)cc1. The molecule has 166 valence electrons. The number of nitrogens with one attached hydrogen (secondary N) is 1. The molecule has 0 radical (unpaired) electrons. The third-order valence-corrected chi connectivity index (χ3v) is 5.41. The van der Waals surface area contributed by atoms with Crippen molar-refractivity contribution >= 4 is 12.1 Å². The quantitative estimate of drug-likeness (QED) is 0.320. The van der Waals surface area contributed by atoms with Crippen molar-refractivity contribution in [2.45, 2.75) is 89.7 Å². The van der Waals surface area contributed by atoms with Crippen molar-refractivity contribution in [3.63, 3.8) is 0 Å². The summed E-state index contributed by atoms with van der Waals surface area (Å²) in [6.07, 6.45) is 11.0. The van der Waals surface area contributed by atoms with Gasteiger partial charge in [0.25, 0.3) is 0 Å². The minimum absolute atomic E-state index is 0.0256. The molecule has 0 heterocycles. The van der Waals surface area contributed by atoms with E-state index in [2.05, 4.69) is 36.5 Å². The summed E-state index contributed by atoms with van der Waals surface area (Å²) in [5.41, 5.74) is 0.607. The summed E-state index contributed by atoms with van der Waals surface area (Å²) in [5.74, 6) is -0.464. The van der Waals surface area contributed by atoms with Crippen LogP contribution in [0.25, 0.3) is 0 Å². The fraction of sp³-hybridized carbons (Fsp3) is 0.600. The maximum atomic E-state index is 12.5. The van der Waals surface area contributed by atoms with Crippen LogP contribution in [-0.4, -0.2) is 30.3 Å². The first kappa shape index (κ1) is 24.0. The Morgan fingerprint density at radius 3 is 2.37 bits per heavy atom. The zero-order chi connectivity index (χ0) is 22.2. The van der Waals surface area contributed by atoms with Crippen LogP contribution in [0.5, 0.6) is 0 Å². The standard InChI is InChI=1S/C25H37NO4/c1-6-7-8-9-10-11-19-12-14-20(15-13-19)21-16-17-25(18-21,22(27)29-5)26-23(28)30-24(2,3)4/h12-17,21H,6-11,18H2,1-5H3,(H,26,28)/t21-,25+/m0/s1. The number of alkyl carbamates (subject to hydrolysis) is 1. The third kappa shape index (κ3) is 6.89. The monoisotopic (exact) mass is 415 g/mol. The molecule has 2 atom stereocenters. The average Bonchev–Trinajstić information content (AvgIpc) is 3.11. The largest absolute Gasteiger partial charge is 0.467 e. The van der Waals surface area contributed by atoms with Crippen LogP contribution in [0.2, 0.25) is 0 Å². The molecule has 2 rings (SSSR count). The predicted molar refractivity (Wildman–Crippen MR) is 120 cm³/mol. The number of allylic oxidation sites excluding steroid dienone is 1. The number of carbonyl (C=O) groups is 2. The highest BCUT2D eigenvalue weighted by molar-refractivity contribution is 5.89. The molecule has 0 fully saturated rings. The topological polar surface area (TPSA) is 64.6 Å². The smallest absolute Gasteiger partial charge is 0.408 e. The van der Waals surface area contributed by atoms with E-state index >= 15 is 0 Å². The second-order valence-corrected chi connectivity index (χ2v) is 9.17. The number of unbranched alkanes of at least 4 members (excludes halogenated alkanes) is 4. The number of hydrogen-bond donors (Lipinski definition) is 1. The summed E-state index contributed by atoms with van der Waals surface area (Å²) in [6.45, 7) is 7.59. The highest BCUT2D eigenvalue weighted by Gasteiger charge is 2.45. The second-order valence-electron chi connectivity index (χ2n) is 9.17. The fourth-order valence-electron chi connectivity index (χ4n) is 3.82. The molecule has 0 saturated carbocycles. The highest BCUT2D eigenvalue weighted by Crippen LogP contribution is 2.36. The first-order valence-corrected chi connectivity index (χ1v) is 11.1. The number of carbonyl (C=O) groups excluding carboxylic acids is 2. The minimum atomic E-state index is -1.21. The Hall–Kier alpha value is -2.30. The Labute approximate surface area is 181 Å². The number of amides is 1. The minimum Gasteiger partial charge on any atom is -0.467 e. The van der Waals surface area contributed by atoms with Crippen LogP contribution in [0.15, 0.2) is 36.4 Å². The first-order valence-electron chi connectivity index (χ1n) is 11.1. The van der Waals surface area contributed by atoms with E-state index in [9.17, 15) is 9.59 Å². The maximum absolute atomic E-state index is 12.5. The van der Waals surface area contributed by atoms with Gasteiger partial charge in [-0.1, -0.05) is 69.0 Å². The van der Waals surface area contributed by atoms with Gasteiger partial charge in [0.1, 0.15) is 5.60 Å². The average molecular weight is 416 g/mol. The Morgan fingerprint density at radius 2 is 1.77 bits per heavy atom. The van der Waals surface area contributed by atoms with Gasteiger partial charge < -0.3 is 14.8 Å². The first-order chi connectivity index (χ1) is 14.2. The van der Waals surface area contributed by atoms with Crippen LogP contribution in [0.4, 0.5) is 4.79 Å². The second kappa shape index (κ2) is 10.6. The lowest BCUT2D eigenvalue weighted by atomic mass is 9.90. The molecule has 1 amide bonds. The maximum Gasteiger partial charge on any atom is 0.408 e. The van der Waals surface area contributed by atoms with Crippen molar-refractivity contribution in [1.82, 2.24) is 5.32 Å². The number of methoxy groups -OCH3 is 1. The number of ether oxygens (including phenoxy) is 2. The number of hydrogen-bond acceptors (Lipinski definition) is 4. The van der Waals surface area contributed by atoms with E-state index in [0.717, 1.165) is 12.0 Å². The lowest BCUT2D eigenvalue weighted by Gasteiger charge is -2.29. The van der Waals surface area contributed by atoms with Gasteiger partial charge in [-0.3, -0.25) is 0 Å². The third-order valence-electron chi connectivity index (χ3n) is 5.41. The summed E-state index contributed by atoms with van der Waals surface area (Å²) in [4.78, 5) is 24.8. The fourth-order valence-corrected chi connectivity index (χ4v) is 3.82. The van der Waals surface area contributed by atoms with Crippen LogP contribution in [0.1, 0.15) is 83.3 Å². The van der Waals surface area contributed by atoms with Crippen LogP contribution < -0.4 is 5.32 Å². The van der Waals surface area contributed by atoms with Crippen LogP contribution in [0, 0.1) is 0 Å². The summed E-state index contributed by atoms with van der Waals surface area (Å²) in [6, 6.07) is 8.58. The van der Waals surface area contributed by atoms with Gasteiger partial charge in [-0.05, 0) is 51.2 Å². The Balaban J connectivity index is 2.00. The molecule has 1 N–H and O–H groups in total. The van der Waals surface area contributed by atoms with Gasteiger partial charge in [-0.15, -0.1) is 0 Å². The molecule has 0 aromatic heterocycles. The molecule has 1 aromatic rings. The molecule has 0 saturated heterocycles. The van der Waals surface area contributed by atoms with Gasteiger partial charge in [0.2, 0.25) is 0 Å². The highest BCUT2D eigenvalue weighted by atomic mass is 16.6. The summed E-state index contributed by atoms with van der Waals surface area (Å²) in [5, 5.41) is 2.73. The number of aryl methyl sites for hydroxylation is 1. The van der Waals surface area contributed by atoms with E-state index in [1.165, 1.54) is 44.8 Å². The normalized spacial score (nSPS) is 20.8. The van der Waals surface area contributed by atoms with Crippen LogP contribution in [0.3, 0.4) is 0 Å². The van der Waals surface area contributed by atoms with Gasteiger partial charge in [0.15, 0.2) is 5.54 Å². The molecule has 5 nitrogen and oxygen atoms in total. The Bertz CT molecular complexity index is 733. The zero-order valence-electron chi connectivity index (χ0n) is 19.1. The lowest BCUT2D eigenvalue weighted by Crippen LogP contribution is -2.54. The number of esters is 1. The van der Waals surface area contributed by atoms with Crippen molar-refractivity contribution in [1.29, 1.82) is 0 Å². The van der Waals surface area contributed by atoms with E-state index < -0.39 is 23.2 Å². The van der Waals surface area contributed by atoms with E-state index in [4.69, 9.17) is 9.47 Å². The summed E-state index contributed by atoms with van der Waals surface area (Å²) >= 11 is 0. The summed E-state index contributed by atoms with van der Waals surface area (Å²) < 4.78 is 10.3. The van der Waals surface area contributed by atoms with Crippen LogP contribution >= 0.6 is 0 Å². The molecular formula is C25H37NO4. The molecular weight excluding hydrogens is 378 g/mol. The van der Waals surface area contributed by atoms with Gasteiger partial charge in [-0.25, -0.2) is 9.59 Å². The van der Waals surface area contributed by atoms with Gasteiger partial charge in [0.05, 0.1) is 7.11 Å². The van der Waals surface area contributed by atoms with Gasteiger partial charge >= 0.3 is 12.1 Å². The molecule has 5 heteroatoms. The number of rotatable bonds is 9. The molecule has 0 unspecified atom stereocenters. The van der Waals surface area contributed by atoms with Crippen molar-refractivity contribution in [3.05, 3.63) is 47.5 Å². The Morgan fingerprint density at radius 1 is 1.10 bits per heavy atom. The van der Waals surface area contributed by atoms with Crippen LogP contribution in [-0.2, 0) is 20.7 Å². The summed E-state index contributed by atoms with van der Waals surface area (Å²) in [7, 11) is 1.33. The van der Waals surface area contributed by atoms with E-state index in [1.54, 1.807) is 26.8 Å². The van der Waals surface area contributed by atoms with Gasteiger partial charge in [0, 0.05) is 5.92 Å². The zero-order valence-corrected chi connectivity index (χ0v) is 19.1. The van der Waals surface area contributed by atoms with Crippen molar-refractivity contribution in [2.24, 2.45) is 0 Å². The molecule has 0 spiro atoms. The van der Waals surface area contributed by atoms with E-state index in [-0.39, 0.29) is 5.92 Å². The van der Waals surface area contributed by atoms with E-state index in [1.807, 2.05) is 6.08 Å². The van der Waals surface area contributed by atoms with Crippen molar-refractivity contribution in [3.8, 4) is 0 Å². The molecule has 1 aliphatic rings. The Kier molecular flexibility index (Phi) is 8.51. The van der Waals surface area contributed by atoms with Crippen molar-refractivity contribution in [2.75, 3.05) is 7.11 Å². The van der Waals surface area contributed by atoms with Crippen molar-refractivity contribution < 1.29 is 19.1 Å². The van der Waals surface area contributed by atoms with Gasteiger partial charge in [-0.2, -0.15) is 0 Å². The predicted octanol–water partition coefficient (Wildman–Crippen LogP) is 5.68. The molecule has 30 heavy (non-hydrogen) atoms. The molecule has 0 aliphatic heterocycles. The molecule has 1 aliphatic carbocycles. The van der Waals surface area contributed by atoms with E-state index in [0.29, 0.717) is 6.42 Å². The molecule has 0 bridgehead atoms. The number of benzene rings is 1. The molecule has 1 aromatic carbocycles.